The third-order valence-corrected chi connectivity index (χ3v) is 10.1. The molecular formula is C16H19BO2Si. The minimum absolute atomic E-state index is 0.607. The zero-order chi connectivity index (χ0) is 14.3. The second-order valence-corrected chi connectivity index (χ2v) is 10.2. The zero-order valence-corrected chi connectivity index (χ0v) is 12.9. The highest BCUT2D eigenvalue weighted by molar-refractivity contribution is 7.05. The molecule has 3 rings (SSSR count). The Kier molecular flexibility index (Phi) is 3.32. The third-order valence-electron chi connectivity index (χ3n) is 4.80. The van der Waals surface area contributed by atoms with E-state index in [0.29, 0.717) is 5.46 Å². The Balaban J connectivity index is 2.31. The predicted octanol–water partition coefficient (Wildman–Crippen LogP) is 0.950. The SMILES string of the molecule is CC[Si]1(CC)c2ccccc2-c2ccc(B(O)O)cc21. The molecule has 0 spiro atoms. The molecule has 0 saturated heterocycles. The van der Waals surface area contributed by atoms with Crippen LogP contribution in [-0.2, 0) is 0 Å². The molecule has 1 aliphatic rings. The molecule has 102 valence electrons. The fourth-order valence-electron chi connectivity index (χ4n) is 3.65. The Hall–Kier alpha value is -1.36. The van der Waals surface area contributed by atoms with Crippen LogP contribution in [0, 0.1) is 0 Å². The van der Waals surface area contributed by atoms with Crippen LogP contribution in [0.4, 0.5) is 0 Å². The lowest BCUT2D eigenvalue weighted by Gasteiger charge is -2.27. The second kappa shape index (κ2) is 4.88. The van der Waals surface area contributed by atoms with Crippen molar-refractivity contribution >= 4 is 31.0 Å². The lowest BCUT2D eigenvalue weighted by molar-refractivity contribution is 0.426. The highest BCUT2D eigenvalue weighted by Crippen LogP contribution is 2.31. The molecule has 2 N–H and O–H groups in total. The van der Waals surface area contributed by atoms with E-state index in [-0.39, 0.29) is 0 Å². The summed E-state index contributed by atoms with van der Waals surface area (Å²) >= 11 is 0. The normalized spacial score (nSPS) is 14.8. The molecule has 2 aromatic rings. The number of fused-ring (bicyclic) bond motifs is 3. The van der Waals surface area contributed by atoms with Crippen molar-refractivity contribution in [3.05, 3.63) is 42.5 Å². The van der Waals surface area contributed by atoms with E-state index in [1.54, 1.807) is 0 Å². The fourth-order valence-corrected chi connectivity index (χ4v) is 8.28. The Morgan fingerprint density at radius 3 is 2.20 bits per heavy atom. The molecule has 0 atom stereocenters. The molecule has 2 aromatic carbocycles. The van der Waals surface area contributed by atoms with Crippen molar-refractivity contribution in [1.82, 2.24) is 0 Å². The van der Waals surface area contributed by atoms with E-state index in [4.69, 9.17) is 0 Å². The van der Waals surface area contributed by atoms with Gasteiger partial charge in [-0.1, -0.05) is 68.4 Å². The summed E-state index contributed by atoms with van der Waals surface area (Å²) in [4.78, 5) is 0. The van der Waals surface area contributed by atoms with Crippen molar-refractivity contribution in [3.8, 4) is 11.1 Å². The first-order chi connectivity index (χ1) is 9.64. The van der Waals surface area contributed by atoms with Gasteiger partial charge >= 0.3 is 7.12 Å². The van der Waals surface area contributed by atoms with Crippen molar-refractivity contribution in [3.63, 3.8) is 0 Å². The van der Waals surface area contributed by atoms with E-state index in [9.17, 15) is 10.0 Å². The molecular weight excluding hydrogens is 263 g/mol. The first-order valence-corrected chi connectivity index (χ1v) is 9.66. The number of hydrogen-bond donors (Lipinski definition) is 2. The average Bonchev–Trinajstić information content (AvgIpc) is 2.77. The van der Waals surface area contributed by atoms with Crippen molar-refractivity contribution in [2.24, 2.45) is 0 Å². The van der Waals surface area contributed by atoms with Crippen LogP contribution >= 0.6 is 0 Å². The lowest BCUT2D eigenvalue weighted by atomic mass is 9.80. The molecule has 0 saturated carbocycles. The van der Waals surface area contributed by atoms with Gasteiger partial charge in [0.1, 0.15) is 8.07 Å². The molecule has 0 unspecified atom stereocenters. The van der Waals surface area contributed by atoms with Gasteiger partial charge in [0.15, 0.2) is 0 Å². The summed E-state index contributed by atoms with van der Waals surface area (Å²) in [5.74, 6) is 0. The summed E-state index contributed by atoms with van der Waals surface area (Å²) in [7, 11) is -3.11. The van der Waals surface area contributed by atoms with Gasteiger partial charge < -0.3 is 10.0 Å². The van der Waals surface area contributed by atoms with Gasteiger partial charge in [0.25, 0.3) is 0 Å². The summed E-state index contributed by atoms with van der Waals surface area (Å²) < 4.78 is 0. The predicted molar refractivity (Wildman–Crippen MR) is 87.7 cm³/mol. The van der Waals surface area contributed by atoms with E-state index in [1.807, 2.05) is 12.1 Å². The maximum atomic E-state index is 9.46. The Bertz CT molecular complexity index is 651. The van der Waals surface area contributed by atoms with Gasteiger partial charge in [-0.25, -0.2) is 0 Å². The summed E-state index contributed by atoms with van der Waals surface area (Å²) in [6, 6.07) is 16.9. The highest BCUT2D eigenvalue weighted by atomic mass is 28.3. The van der Waals surface area contributed by atoms with Crippen LogP contribution in [0.25, 0.3) is 11.1 Å². The maximum absolute atomic E-state index is 9.46. The van der Waals surface area contributed by atoms with Crippen LogP contribution < -0.4 is 15.8 Å². The van der Waals surface area contributed by atoms with Crippen molar-refractivity contribution in [2.45, 2.75) is 25.9 Å². The molecule has 1 aliphatic heterocycles. The van der Waals surface area contributed by atoms with E-state index in [2.05, 4.69) is 44.2 Å². The van der Waals surface area contributed by atoms with E-state index in [0.717, 1.165) is 12.1 Å². The molecule has 0 fully saturated rings. The van der Waals surface area contributed by atoms with Gasteiger partial charge in [-0.15, -0.1) is 0 Å². The minimum Gasteiger partial charge on any atom is -0.423 e. The van der Waals surface area contributed by atoms with Gasteiger partial charge in [-0.2, -0.15) is 0 Å². The highest BCUT2D eigenvalue weighted by Gasteiger charge is 2.42. The van der Waals surface area contributed by atoms with Crippen LogP contribution in [0.2, 0.25) is 12.1 Å². The van der Waals surface area contributed by atoms with Gasteiger partial charge in [0.2, 0.25) is 0 Å². The number of rotatable bonds is 3. The second-order valence-electron chi connectivity index (χ2n) is 5.51. The van der Waals surface area contributed by atoms with Crippen LogP contribution in [0.5, 0.6) is 0 Å². The Morgan fingerprint density at radius 2 is 1.55 bits per heavy atom. The van der Waals surface area contributed by atoms with Crippen LogP contribution in [0.1, 0.15) is 13.8 Å². The Labute approximate surface area is 121 Å². The summed E-state index contributed by atoms with van der Waals surface area (Å²) in [5.41, 5.74) is 3.24. The van der Waals surface area contributed by atoms with E-state index in [1.165, 1.54) is 21.5 Å². The van der Waals surface area contributed by atoms with E-state index < -0.39 is 15.2 Å². The van der Waals surface area contributed by atoms with Gasteiger partial charge in [-0.05, 0) is 27.0 Å². The summed E-state index contributed by atoms with van der Waals surface area (Å²) in [5, 5.41) is 21.8. The molecule has 4 heteroatoms. The molecule has 0 radical (unpaired) electrons. The standard InChI is InChI=1S/C16H19BO2Si/c1-3-20(4-2)15-8-6-5-7-13(15)14-10-9-12(17(18)19)11-16(14)20/h5-11,18-19H,3-4H2,1-2H3. The molecule has 0 aliphatic carbocycles. The molecule has 1 heterocycles. The van der Waals surface area contributed by atoms with Gasteiger partial charge in [-0.3, -0.25) is 0 Å². The largest absolute Gasteiger partial charge is 0.488 e. The first kappa shape index (κ1) is 13.6. The monoisotopic (exact) mass is 282 g/mol. The van der Waals surface area contributed by atoms with Crippen LogP contribution in [0.3, 0.4) is 0 Å². The van der Waals surface area contributed by atoms with Gasteiger partial charge in [0.05, 0.1) is 0 Å². The van der Waals surface area contributed by atoms with Crippen LogP contribution in [-0.4, -0.2) is 25.2 Å². The minimum atomic E-state index is -1.72. The molecule has 0 amide bonds. The fraction of sp³-hybridized carbons (Fsp3) is 0.250. The molecule has 2 nitrogen and oxygen atoms in total. The quantitative estimate of drug-likeness (QED) is 0.823. The topological polar surface area (TPSA) is 40.5 Å². The molecule has 0 bridgehead atoms. The van der Waals surface area contributed by atoms with Crippen molar-refractivity contribution in [1.29, 1.82) is 0 Å². The van der Waals surface area contributed by atoms with Crippen molar-refractivity contribution in [2.75, 3.05) is 0 Å². The maximum Gasteiger partial charge on any atom is 0.488 e. The van der Waals surface area contributed by atoms with Crippen LogP contribution in [0.15, 0.2) is 42.5 Å². The average molecular weight is 282 g/mol. The Morgan fingerprint density at radius 1 is 0.900 bits per heavy atom. The zero-order valence-electron chi connectivity index (χ0n) is 11.9. The molecule has 20 heavy (non-hydrogen) atoms. The lowest BCUT2D eigenvalue weighted by Crippen LogP contribution is -2.55. The third kappa shape index (κ3) is 1.72. The number of benzene rings is 2. The number of hydrogen-bond acceptors (Lipinski definition) is 2. The summed E-state index contributed by atoms with van der Waals surface area (Å²) in [6.45, 7) is 4.54. The van der Waals surface area contributed by atoms with Crippen molar-refractivity contribution < 1.29 is 10.0 Å². The molecule has 0 aromatic heterocycles. The summed E-state index contributed by atoms with van der Waals surface area (Å²) in [6.07, 6.45) is 0. The van der Waals surface area contributed by atoms with Gasteiger partial charge in [0, 0.05) is 0 Å². The first-order valence-electron chi connectivity index (χ1n) is 7.24. The van der Waals surface area contributed by atoms with E-state index >= 15 is 0 Å². The smallest absolute Gasteiger partial charge is 0.423 e.